The topological polar surface area (TPSA) is 55.3 Å². The molecule has 0 amide bonds. The minimum absolute atomic E-state index is 0. The number of nitrogens with zero attached hydrogens (tertiary/aromatic N) is 2. The zero-order valence-corrected chi connectivity index (χ0v) is 21.0. The van der Waals surface area contributed by atoms with Gasteiger partial charge in [-0.05, 0) is 69.2 Å². The highest BCUT2D eigenvalue weighted by atomic mass is 127. The Morgan fingerprint density at radius 3 is 2.50 bits per heavy atom. The van der Waals surface area contributed by atoms with Gasteiger partial charge in [0.15, 0.2) is 5.96 Å². The minimum atomic E-state index is 0. The maximum Gasteiger partial charge on any atom is 0.193 e. The van der Waals surface area contributed by atoms with Gasteiger partial charge in [0.25, 0.3) is 0 Å². The van der Waals surface area contributed by atoms with E-state index >= 15 is 0 Å². The predicted molar refractivity (Wildman–Crippen MR) is 132 cm³/mol. The van der Waals surface area contributed by atoms with Gasteiger partial charge in [-0.3, -0.25) is 4.99 Å². The van der Waals surface area contributed by atoms with Crippen LogP contribution >= 0.6 is 24.0 Å². The number of likely N-dealkylation sites (tertiary alicyclic amines) is 1. The van der Waals surface area contributed by atoms with E-state index in [1.807, 2.05) is 7.05 Å². The highest BCUT2D eigenvalue weighted by molar-refractivity contribution is 14.0. The molecule has 0 radical (unpaired) electrons. The van der Waals surface area contributed by atoms with Crippen LogP contribution in [0.15, 0.2) is 23.2 Å². The third-order valence-electron chi connectivity index (χ3n) is 5.59. The summed E-state index contributed by atoms with van der Waals surface area (Å²) in [5, 5.41) is 3.43. The average molecular weight is 531 g/mol. The fourth-order valence-corrected chi connectivity index (χ4v) is 4.10. The Kier molecular flexibility index (Phi) is 11.2. The second kappa shape index (κ2) is 13.4. The third-order valence-corrected chi connectivity index (χ3v) is 5.59. The summed E-state index contributed by atoms with van der Waals surface area (Å²) in [5.74, 6) is 1.88. The number of piperidine rings is 1. The largest absolute Gasteiger partial charge is 0.492 e. The molecule has 0 aromatic heterocycles. The Hall–Kier alpha value is -1.06. The lowest BCUT2D eigenvalue weighted by Gasteiger charge is -2.35. The first-order valence-corrected chi connectivity index (χ1v) is 11.0. The third kappa shape index (κ3) is 8.23. The summed E-state index contributed by atoms with van der Waals surface area (Å²) in [5.41, 5.74) is 2.45. The van der Waals surface area contributed by atoms with Crippen molar-refractivity contribution < 1.29 is 14.2 Å². The van der Waals surface area contributed by atoms with Crippen LogP contribution in [-0.2, 0) is 9.47 Å². The van der Waals surface area contributed by atoms with Gasteiger partial charge in [0.2, 0.25) is 0 Å². The van der Waals surface area contributed by atoms with Crippen molar-refractivity contribution in [2.75, 3.05) is 46.5 Å². The highest BCUT2D eigenvalue weighted by Crippen LogP contribution is 2.18. The summed E-state index contributed by atoms with van der Waals surface area (Å²) in [6, 6.07) is 6.30. The molecule has 0 saturated carbocycles. The van der Waals surface area contributed by atoms with E-state index in [1.165, 1.54) is 24.0 Å². The van der Waals surface area contributed by atoms with Crippen molar-refractivity contribution in [3.05, 3.63) is 29.3 Å². The van der Waals surface area contributed by atoms with E-state index in [9.17, 15) is 0 Å². The second-order valence-electron chi connectivity index (χ2n) is 8.15. The van der Waals surface area contributed by atoms with Crippen LogP contribution in [0.3, 0.4) is 0 Å². The summed E-state index contributed by atoms with van der Waals surface area (Å²) in [4.78, 5) is 6.76. The van der Waals surface area contributed by atoms with E-state index in [2.05, 4.69) is 47.3 Å². The molecule has 0 spiro atoms. The number of aliphatic imine (C=N–C) groups is 1. The lowest BCUT2D eigenvalue weighted by molar-refractivity contribution is -0.0721. The van der Waals surface area contributed by atoms with Crippen LogP contribution in [0.2, 0.25) is 0 Å². The van der Waals surface area contributed by atoms with Gasteiger partial charge in [0.05, 0.1) is 25.4 Å². The predicted octanol–water partition coefficient (Wildman–Crippen LogP) is 3.93. The molecule has 0 bridgehead atoms. The van der Waals surface area contributed by atoms with Crippen molar-refractivity contribution in [2.45, 2.75) is 58.2 Å². The lowest BCUT2D eigenvalue weighted by atomic mass is 10.1. The Morgan fingerprint density at radius 2 is 1.87 bits per heavy atom. The molecule has 6 nitrogen and oxygen atoms in total. The SMILES string of the molecule is CN=C(NCCOc1cc(C)cc(C)c1)N1CCC(OCC2CCCCO2)CC1.I. The van der Waals surface area contributed by atoms with Crippen LogP contribution in [-0.4, -0.2) is 69.6 Å². The molecule has 1 atom stereocenters. The molecule has 2 heterocycles. The van der Waals surface area contributed by atoms with E-state index in [0.717, 1.165) is 63.8 Å². The Bertz CT molecular complexity index is 637. The smallest absolute Gasteiger partial charge is 0.193 e. The van der Waals surface area contributed by atoms with E-state index in [4.69, 9.17) is 14.2 Å². The van der Waals surface area contributed by atoms with Crippen molar-refractivity contribution in [3.63, 3.8) is 0 Å². The van der Waals surface area contributed by atoms with Gasteiger partial charge in [-0.15, -0.1) is 24.0 Å². The summed E-state index contributed by atoms with van der Waals surface area (Å²) < 4.78 is 17.8. The number of rotatable bonds is 7. The number of aryl methyl sites for hydroxylation is 2. The quantitative estimate of drug-likeness (QED) is 0.250. The minimum Gasteiger partial charge on any atom is -0.492 e. The number of hydrogen-bond donors (Lipinski definition) is 1. The number of hydrogen-bond acceptors (Lipinski definition) is 4. The molecule has 170 valence electrons. The molecule has 2 aliphatic heterocycles. The maximum atomic E-state index is 6.12. The normalized spacial score (nSPS) is 20.6. The number of guanidine groups is 1. The maximum absolute atomic E-state index is 6.12. The molecule has 1 aromatic rings. The monoisotopic (exact) mass is 531 g/mol. The first-order chi connectivity index (χ1) is 14.1. The van der Waals surface area contributed by atoms with E-state index in [-0.39, 0.29) is 24.0 Å². The highest BCUT2D eigenvalue weighted by Gasteiger charge is 2.23. The van der Waals surface area contributed by atoms with Gasteiger partial charge in [0, 0.05) is 26.7 Å². The van der Waals surface area contributed by atoms with Crippen LogP contribution in [0.25, 0.3) is 0 Å². The Morgan fingerprint density at radius 1 is 1.13 bits per heavy atom. The van der Waals surface area contributed by atoms with Crippen LogP contribution < -0.4 is 10.1 Å². The fraction of sp³-hybridized carbons (Fsp3) is 0.696. The van der Waals surface area contributed by atoms with Gasteiger partial charge < -0.3 is 24.4 Å². The number of nitrogens with one attached hydrogen (secondary N) is 1. The summed E-state index contributed by atoms with van der Waals surface area (Å²) in [6.07, 6.45) is 6.30. The van der Waals surface area contributed by atoms with Crippen molar-refractivity contribution in [1.29, 1.82) is 0 Å². The summed E-state index contributed by atoms with van der Waals surface area (Å²) >= 11 is 0. The lowest BCUT2D eigenvalue weighted by Crippen LogP contribution is -2.48. The number of ether oxygens (including phenoxy) is 3. The molecular formula is C23H38IN3O3. The molecule has 7 heteroatoms. The van der Waals surface area contributed by atoms with Crippen molar-refractivity contribution in [2.24, 2.45) is 4.99 Å². The molecule has 0 aliphatic carbocycles. The molecule has 2 saturated heterocycles. The number of benzene rings is 1. The van der Waals surface area contributed by atoms with Gasteiger partial charge in [0.1, 0.15) is 12.4 Å². The standard InChI is InChI=1S/C23H37N3O3.HI/c1-18-14-19(2)16-22(15-18)28-13-9-25-23(24-3)26-10-7-20(8-11-26)29-17-21-6-4-5-12-27-21;/h14-16,20-21H,4-13,17H2,1-3H3,(H,24,25);1H. The van der Waals surface area contributed by atoms with Crippen LogP contribution in [0.4, 0.5) is 0 Å². The number of halogens is 1. The zero-order valence-electron chi connectivity index (χ0n) is 18.7. The molecule has 3 rings (SSSR count). The van der Waals surface area contributed by atoms with E-state index in [1.54, 1.807) is 0 Å². The molecule has 1 aromatic carbocycles. The second-order valence-corrected chi connectivity index (χ2v) is 8.15. The van der Waals surface area contributed by atoms with Gasteiger partial charge in [-0.25, -0.2) is 0 Å². The van der Waals surface area contributed by atoms with Crippen molar-refractivity contribution >= 4 is 29.9 Å². The average Bonchev–Trinajstić information content (AvgIpc) is 2.73. The Labute approximate surface area is 198 Å². The van der Waals surface area contributed by atoms with Crippen LogP contribution in [0.5, 0.6) is 5.75 Å². The van der Waals surface area contributed by atoms with E-state index < -0.39 is 0 Å². The van der Waals surface area contributed by atoms with Crippen LogP contribution in [0, 0.1) is 13.8 Å². The van der Waals surface area contributed by atoms with Gasteiger partial charge in [-0.1, -0.05) is 6.07 Å². The van der Waals surface area contributed by atoms with E-state index in [0.29, 0.717) is 18.8 Å². The Balaban J connectivity index is 0.00000320. The molecule has 2 fully saturated rings. The van der Waals surface area contributed by atoms with Gasteiger partial charge >= 0.3 is 0 Å². The summed E-state index contributed by atoms with van der Waals surface area (Å²) in [7, 11) is 1.84. The van der Waals surface area contributed by atoms with Crippen molar-refractivity contribution in [3.8, 4) is 5.75 Å². The first-order valence-electron chi connectivity index (χ1n) is 11.0. The fourth-order valence-electron chi connectivity index (χ4n) is 4.10. The van der Waals surface area contributed by atoms with Crippen LogP contribution in [0.1, 0.15) is 43.2 Å². The molecule has 1 N–H and O–H groups in total. The summed E-state index contributed by atoms with van der Waals surface area (Å²) in [6.45, 7) is 9.10. The zero-order chi connectivity index (χ0) is 20.5. The molecule has 2 aliphatic rings. The molecular weight excluding hydrogens is 493 g/mol. The molecule has 1 unspecified atom stereocenters. The first kappa shape index (κ1) is 25.2. The van der Waals surface area contributed by atoms with Crippen molar-refractivity contribution in [1.82, 2.24) is 10.2 Å². The molecule has 30 heavy (non-hydrogen) atoms. The van der Waals surface area contributed by atoms with Gasteiger partial charge in [-0.2, -0.15) is 0 Å².